The Morgan fingerprint density at radius 3 is 2.50 bits per heavy atom. The van der Waals surface area contributed by atoms with Gasteiger partial charge in [-0.2, -0.15) is 0 Å². The lowest BCUT2D eigenvalue weighted by Crippen LogP contribution is -2.29. The normalized spacial score (nSPS) is 16.9. The molecule has 2 aromatic heterocycles. The van der Waals surface area contributed by atoms with Crippen molar-refractivity contribution in [3.8, 4) is 0 Å². The van der Waals surface area contributed by atoms with Gasteiger partial charge in [-0.05, 0) is 48.7 Å². The maximum Gasteiger partial charge on any atom is 0.354 e. The standard InChI is InChI=1S/C25H22N4O7/c1-13-18(14(2)27-20(13)25(33)36-3)22(30)19-21(16-6-8-17(9-7-16)29(34)35)28(24(32)23(19)31)12-15-5-4-10-26-11-15/h4-11,21,27,30H,12H2,1-3H3/b22-19+/t21-/m1/s1. The fraction of sp³-hybridized carbons (Fsp3) is 0.200. The van der Waals surface area contributed by atoms with Crippen LogP contribution in [-0.2, 0) is 20.9 Å². The summed E-state index contributed by atoms with van der Waals surface area (Å²) < 4.78 is 4.78. The molecule has 11 nitrogen and oxygen atoms in total. The number of methoxy groups -OCH3 is 1. The van der Waals surface area contributed by atoms with E-state index in [0.717, 1.165) is 0 Å². The van der Waals surface area contributed by atoms with Gasteiger partial charge in [-0.15, -0.1) is 0 Å². The predicted molar refractivity (Wildman–Crippen MR) is 127 cm³/mol. The van der Waals surface area contributed by atoms with Gasteiger partial charge in [0.25, 0.3) is 17.4 Å². The molecule has 3 aromatic rings. The summed E-state index contributed by atoms with van der Waals surface area (Å²) in [7, 11) is 1.22. The molecular formula is C25H22N4O7. The van der Waals surface area contributed by atoms with Crippen LogP contribution < -0.4 is 0 Å². The van der Waals surface area contributed by atoms with Crippen molar-refractivity contribution >= 4 is 29.1 Å². The molecule has 0 bridgehead atoms. The third-order valence-corrected chi connectivity index (χ3v) is 6.10. The lowest BCUT2D eigenvalue weighted by atomic mass is 9.94. The van der Waals surface area contributed by atoms with Gasteiger partial charge in [0.05, 0.1) is 23.6 Å². The molecule has 36 heavy (non-hydrogen) atoms. The number of aryl methyl sites for hydroxylation is 1. The number of non-ortho nitro benzene ring substituents is 1. The van der Waals surface area contributed by atoms with Crippen LogP contribution in [0, 0.1) is 24.0 Å². The molecule has 1 aliphatic heterocycles. The van der Waals surface area contributed by atoms with Gasteiger partial charge in [0.1, 0.15) is 11.5 Å². The number of pyridine rings is 1. The summed E-state index contributed by atoms with van der Waals surface area (Å²) in [5.74, 6) is -2.88. The molecule has 1 amide bonds. The van der Waals surface area contributed by atoms with Gasteiger partial charge in [0.2, 0.25) is 0 Å². The van der Waals surface area contributed by atoms with Gasteiger partial charge >= 0.3 is 5.97 Å². The molecule has 184 valence electrons. The Hall–Kier alpha value is -4.80. The summed E-state index contributed by atoms with van der Waals surface area (Å²) in [6.45, 7) is 3.20. The van der Waals surface area contributed by atoms with Crippen LogP contribution in [0.15, 0.2) is 54.4 Å². The summed E-state index contributed by atoms with van der Waals surface area (Å²) in [4.78, 5) is 57.3. The van der Waals surface area contributed by atoms with E-state index in [1.54, 1.807) is 38.4 Å². The number of aliphatic hydroxyl groups is 1. The number of H-pyrrole nitrogens is 1. The second-order valence-corrected chi connectivity index (χ2v) is 8.25. The van der Waals surface area contributed by atoms with Crippen LogP contribution in [0.4, 0.5) is 5.69 Å². The number of likely N-dealkylation sites (tertiary alicyclic amines) is 1. The molecule has 0 spiro atoms. The number of nitrogens with zero attached hydrogens (tertiary/aromatic N) is 3. The van der Waals surface area contributed by atoms with E-state index >= 15 is 0 Å². The molecule has 0 radical (unpaired) electrons. The largest absolute Gasteiger partial charge is 0.507 e. The number of Topliss-reactive ketones (excluding diaryl/α,β-unsaturated/α-hetero) is 1. The first kappa shape index (κ1) is 24.3. The number of ether oxygens (including phenoxy) is 1. The SMILES string of the molecule is COC(=O)c1[nH]c(C)c(/C(O)=C2\C(=O)C(=O)N(Cc3cccnc3)[C@@H]2c2ccc([N+](=O)[O-])cc2)c1C. The first-order chi connectivity index (χ1) is 17.1. The van der Waals surface area contributed by atoms with Crippen LogP contribution in [0.3, 0.4) is 0 Å². The molecular weight excluding hydrogens is 468 g/mol. The minimum Gasteiger partial charge on any atom is -0.507 e. The lowest BCUT2D eigenvalue weighted by Gasteiger charge is -2.25. The number of rotatable bonds is 6. The highest BCUT2D eigenvalue weighted by Crippen LogP contribution is 2.42. The minimum atomic E-state index is -1.04. The number of esters is 1. The van der Waals surface area contributed by atoms with Crippen molar-refractivity contribution < 1.29 is 29.2 Å². The number of nitrogens with one attached hydrogen (secondary N) is 1. The number of hydrogen-bond acceptors (Lipinski definition) is 8. The number of benzene rings is 1. The zero-order valence-corrected chi connectivity index (χ0v) is 19.6. The van der Waals surface area contributed by atoms with E-state index < -0.39 is 34.4 Å². The topological polar surface area (TPSA) is 156 Å². The Morgan fingerprint density at radius 2 is 1.92 bits per heavy atom. The average molecular weight is 490 g/mol. The second-order valence-electron chi connectivity index (χ2n) is 8.25. The third-order valence-electron chi connectivity index (χ3n) is 6.10. The monoisotopic (exact) mass is 490 g/mol. The molecule has 1 fully saturated rings. The van der Waals surface area contributed by atoms with Crippen molar-refractivity contribution in [2.45, 2.75) is 26.4 Å². The first-order valence-electron chi connectivity index (χ1n) is 10.8. The third kappa shape index (κ3) is 4.11. The van der Waals surface area contributed by atoms with Crippen molar-refractivity contribution in [3.05, 3.63) is 98.1 Å². The lowest BCUT2D eigenvalue weighted by molar-refractivity contribution is -0.384. The van der Waals surface area contributed by atoms with Gasteiger partial charge < -0.3 is 19.7 Å². The quantitative estimate of drug-likeness (QED) is 0.133. The number of aromatic amines is 1. The molecule has 2 N–H and O–H groups in total. The molecule has 1 aliphatic rings. The molecule has 0 aliphatic carbocycles. The van der Waals surface area contributed by atoms with Crippen LogP contribution in [0.25, 0.3) is 5.76 Å². The number of nitro benzene ring substituents is 1. The fourth-order valence-corrected chi connectivity index (χ4v) is 4.40. The number of nitro groups is 1. The highest BCUT2D eigenvalue weighted by Gasteiger charge is 2.46. The Morgan fingerprint density at radius 1 is 1.22 bits per heavy atom. The van der Waals surface area contributed by atoms with Crippen molar-refractivity contribution in [3.63, 3.8) is 0 Å². The Labute approximate surface area is 205 Å². The highest BCUT2D eigenvalue weighted by molar-refractivity contribution is 6.46. The Balaban J connectivity index is 1.91. The molecule has 11 heteroatoms. The van der Waals surface area contributed by atoms with Crippen LogP contribution in [0.1, 0.15) is 44.5 Å². The molecule has 3 heterocycles. The maximum atomic E-state index is 13.3. The van der Waals surface area contributed by atoms with Gasteiger partial charge in [-0.1, -0.05) is 6.07 Å². The summed E-state index contributed by atoms with van der Waals surface area (Å²) in [5, 5.41) is 22.5. The zero-order chi connectivity index (χ0) is 26.1. The van der Waals surface area contributed by atoms with Crippen LogP contribution in [0.5, 0.6) is 0 Å². The van der Waals surface area contributed by atoms with Crippen molar-refractivity contribution in [1.29, 1.82) is 0 Å². The number of aliphatic hydroxyl groups excluding tert-OH is 1. The summed E-state index contributed by atoms with van der Waals surface area (Å²) >= 11 is 0. The second kappa shape index (κ2) is 9.45. The van der Waals surface area contributed by atoms with Gasteiger partial charge in [0.15, 0.2) is 0 Å². The minimum absolute atomic E-state index is 0.00929. The molecule has 0 saturated carbocycles. The van der Waals surface area contributed by atoms with E-state index in [1.807, 2.05) is 0 Å². The van der Waals surface area contributed by atoms with Crippen LogP contribution >= 0.6 is 0 Å². The molecule has 1 saturated heterocycles. The van der Waals surface area contributed by atoms with E-state index in [4.69, 9.17) is 4.74 Å². The van der Waals surface area contributed by atoms with E-state index in [9.17, 15) is 29.6 Å². The molecule has 0 unspecified atom stereocenters. The molecule has 1 atom stereocenters. The van der Waals surface area contributed by atoms with E-state index in [2.05, 4.69) is 9.97 Å². The van der Waals surface area contributed by atoms with Gasteiger partial charge in [0, 0.05) is 42.3 Å². The Kier molecular flexibility index (Phi) is 6.39. The van der Waals surface area contributed by atoms with E-state index in [-0.39, 0.29) is 29.1 Å². The molecule has 1 aromatic carbocycles. The molecule has 4 rings (SSSR count). The average Bonchev–Trinajstić information content (AvgIpc) is 3.31. The number of aromatic nitrogens is 2. The maximum absolute atomic E-state index is 13.3. The summed E-state index contributed by atoms with van der Waals surface area (Å²) in [6, 6.07) is 7.80. The van der Waals surface area contributed by atoms with E-state index in [0.29, 0.717) is 22.4 Å². The van der Waals surface area contributed by atoms with Gasteiger partial charge in [-0.25, -0.2) is 4.79 Å². The summed E-state index contributed by atoms with van der Waals surface area (Å²) in [6.07, 6.45) is 3.12. The fourth-order valence-electron chi connectivity index (χ4n) is 4.40. The number of hydrogen-bond donors (Lipinski definition) is 2. The number of amides is 1. The number of carbonyl (C=O) groups is 3. The number of ketones is 1. The van der Waals surface area contributed by atoms with Crippen molar-refractivity contribution in [1.82, 2.24) is 14.9 Å². The van der Waals surface area contributed by atoms with Crippen LogP contribution in [-0.4, -0.2) is 49.7 Å². The van der Waals surface area contributed by atoms with Crippen molar-refractivity contribution in [2.75, 3.05) is 7.11 Å². The van der Waals surface area contributed by atoms with Crippen molar-refractivity contribution in [2.24, 2.45) is 0 Å². The first-order valence-corrected chi connectivity index (χ1v) is 10.8. The predicted octanol–water partition coefficient (Wildman–Crippen LogP) is 3.34. The van der Waals surface area contributed by atoms with Crippen LogP contribution in [0.2, 0.25) is 0 Å². The Bertz CT molecular complexity index is 1410. The van der Waals surface area contributed by atoms with Gasteiger partial charge in [-0.3, -0.25) is 24.7 Å². The zero-order valence-electron chi connectivity index (χ0n) is 19.6. The van der Waals surface area contributed by atoms with E-state index in [1.165, 1.54) is 36.3 Å². The summed E-state index contributed by atoms with van der Waals surface area (Å²) in [5.41, 5.74) is 1.72. The smallest absolute Gasteiger partial charge is 0.354 e. The highest BCUT2D eigenvalue weighted by atomic mass is 16.6. The number of carbonyl (C=O) groups excluding carboxylic acids is 3.